The lowest BCUT2D eigenvalue weighted by Gasteiger charge is -2.40. The van der Waals surface area contributed by atoms with Crippen LogP contribution >= 0.6 is 0 Å². The molecule has 28 heavy (non-hydrogen) atoms. The monoisotopic (exact) mass is 389 g/mol. The van der Waals surface area contributed by atoms with Crippen molar-refractivity contribution in [2.45, 2.75) is 89.8 Å². The minimum Gasteiger partial charge on any atom is -0.424 e. The van der Waals surface area contributed by atoms with Crippen molar-refractivity contribution in [3.63, 3.8) is 0 Å². The van der Waals surface area contributed by atoms with Gasteiger partial charge in [0.1, 0.15) is 0 Å². The summed E-state index contributed by atoms with van der Waals surface area (Å²) < 4.78 is 5.83. The summed E-state index contributed by atoms with van der Waals surface area (Å²) >= 11 is 0. The average Bonchev–Trinajstić information content (AvgIpc) is 3.46. The number of carbonyl (C=O) groups is 1. The minimum absolute atomic E-state index is 0.128. The average molecular weight is 390 g/mol. The third kappa shape index (κ3) is 4.85. The molecule has 1 atom stereocenters. The quantitative estimate of drug-likeness (QED) is 0.834. The molecule has 1 aromatic heterocycles. The first kappa shape index (κ1) is 19.7. The number of hydrogen-bond donors (Lipinski definition) is 1. The number of nitrogens with one attached hydrogen (secondary N) is 1. The molecule has 2 amide bonds. The van der Waals surface area contributed by atoms with Crippen molar-refractivity contribution in [2.24, 2.45) is 5.92 Å². The lowest BCUT2D eigenvalue weighted by Crippen LogP contribution is -2.52. The van der Waals surface area contributed by atoms with Gasteiger partial charge in [-0.1, -0.05) is 12.8 Å². The molecule has 0 radical (unpaired) electrons. The van der Waals surface area contributed by atoms with Gasteiger partial charge in [0.15, 0.2) is 0 Å². The molecule has 3 fully saturated rings. The van der Waals surface area contributed by atoms with Crippen LogP contribution < -0.4 is 5.32 Å². The number of likely N-dealkylation sites (tertiary alicyclic amines) is 2. The molecule has 0 aromatic carbocycles. The first-order valence-corrected chi connectivity index (χ1v) is 11.2. The molecule has 3 heterocycles. The van der Waals surface area contributed by atoms with Crippen molar-refractivity contribution >= 4 is 6.03 Å². The Hall–Kier alpha value is -1.63. The van der Waals surface area contributed by atoms with Crippen molar-refractivity contribution in [3.8, 4) is 0 Å². The standard InChI is InChI=1S/C21H35N5O2/c1-15(2)22-21(27)26-11-5-3-4-6-18(26)16-9-12-25(13-10-16)14-19-23-24-20(28-19)17-7-8-17/h15-18H,3-14H2,1-2H3,(H,22,27)/t18-/m0/s1. The van der Waals surface area contributed by atoms with Gasteiger partial charge in [0.2, 0.25) is 11.8 Å². The Labute approximate surface area is 168 Å². The molecule has 0 spiro atoms. The van der Waals surface area contributed by atoms with E-state index in [1.54, 1.807) is 0 Å². The van der Waals surface area contributed by atoms with Crippen molar-refractivity contribution < 1.29 is 9.21 Å². The summed E-state index contributed by atoms with van der Waals surface area (Å²) in [5.41, 5.74) is 0. The Balaban J connectivity index is 1.32. The van der Waals surface area contributed by atoms with Crippen LogP contribution in [0.2, 0.25) is 0 Å². The number of nitrogens with zero attached hydrogens (tertiary/aromatic N) is 4. The number of carbonyl (C=O) groups excluding carboxylic acids is 1. The van der Waals surface area contributed by atoms with Gasteiger partial charge in [0.25, 0.3) is 0 Å². The van der Waals surface area contributed by atoms with Gasteiger partial charge in [-0.3, -0.25) is 4.90 Å². The molecule has 1 aromatic rings. The van der Waals surface area contributed by atoms with Gasteiger partial charge in [0, 0.05) is 24.5 Å². The van der Waals surface area contributed by atoms with Gasteiger partial charge < -0.3 is 14.6 Å². The smallest absolute Gasteiger partial charge is 0.317 e. The second kappa shape index (κ2) is 8.80. The van der Waals surface area contributed by atoms with Gasteiger partial charge in [-0.25, -0.2) is 4.79 Å². The summed E-state index contributed by atoms with van der Waals surface area (Å²) in [6.45, 7) is 7.82. The molecule has 3 aliphatic rings. The SMILES string of the molecule is CC(C)NC(=O)N1CCCCC[C@H]1C1CCN(Cc2nnc(C3CC3)o2)CC1. The van der Waals surface area contributed by atoms with Crippen molar-refractivity contribution in [3.05, 3.63) is 11.8 Å². The van der Waals surface area contributed by atoms with Crippen LogP contribution in [0, 0.1) is 5.92 Å². The molecular weight excluding hydrogens is 354 g/mol. The Morgan fingerprint density at radius 1 is 1.07 bits per heavy atom. The second-order valence-corrected chi connectivity index (χ2v) is 9.14. The molecule has 2 saturated heterocycles. The number of piperidine rings is 1. The third-order valence-corrected chi connectivity index (χ3v) is 6.42. The maximum atomic E-state index is 12.8. The molecule has 1 aliphatic carbocycles. The van der Waals surface area contributed by atoms with Crippen LogP contribution in [0.3, 0.4) is 0 Å². The lowest BCUT2D eigenvalue weighted by molar-refractivity contribution is 0.0936. The molecular formula is C21H35N5O2. The number of aromatic nitrogens is 2. The predicted molar refractivity (Wildman–Crippen MR) is 107 cm³/mol. The van der Waals surface area contributed by atoms with Crippen LogP contribution in [-0.4, -0.2) is 57.7 Å². The molecule has 0 unspecified atom stereocenters. The Bertz CT molecular complexity index is 649. The van der Waals surface area contributed by atoms with E-state index >= 15 is 0 Å². The van der Waals surface area contributed by atoms with E-state index in [4.69, 9.17) is 4.42 Å². The first-order valence-electron chi connectivity index (χ1n) is 11.2. The van der Waals surface area contributed by atoms with E-state index < -0.39 is 0 Å². The zero-order valence-corrected chi connectivity index (χ0v) is 17.4. The van der Waals surface area contributed by atoms with Crippen LogP contribution in [0.5, 0.6) is 0 Å². The molecule has 0 bridgehead atoms. The maximum Gasteiger partial charge on any atom is 0.317 e. The highest BCUT2D eigenvalue weighted by atomic mass is 16.4. The number of hydrogen-bond acceptors (Lipinski definition) is 5. The van der Waals surface area contributed by atoms with E-state index in [-0.39, 0.29) is 12.1 Å². The Kier molecular flexibility index (Phi) is 6.19. The highest BCUT2D eigenvalue weighted by Crippen LogP contribution is 2.39. The lowest BCUT2D eigenvalue weighted by atomic mass is 9.86. The first-order chi connectivity index (χ1) is 13.6. The number of urea groups is 1. The molecule has 7 heteroatoms. The van der Waals surface area contributed by atoms with Gasteiger partial charge in [-0.2, -0.15) is 0 Å². The third-order valence-electron chi connectivity index (χ3n) is 6.42. The topological polar surface area (TPSA) is 74.5 Å². The summed E-state index contributed by atoms with van der Waals surface area (Å²) in [6.07, 6.45) is 9.40. The number of amides is 2. The highest BCUT2D eigenvalue weighted by Gasteiger charge is 2.34. The minimum atomic E-state index is 0.128. The molecule has 2 aliphatic heterocycles. The number of rotatable bonds is 5. The van der Waals surface area contributed by atoms with E-state index in [1.165, 1.54) is 25.7 Å². The Morgan fingerprint density at radius 3 is 2.57 bits per heavy atom. The van der Waals surface area contributed by atoms with E-state index in [2.05, 4.69) is 25.3 Å². The van der Waals surface area contributed by atoms with E-state index in [9.17, 15) is 4.79 Å². The fraction of sp³-hybridized carbons (Fsp3) is 0.857. The van der Waals surface area contributed by atoms with Gasteiger partial charge in [0.05, 0.1) is 6.54 Å². The molecule has 156 valence electrons. The van der Waals surface area contributed by atoms with Gasteiger partial charge in [-0.05, 0) is 71.4 Å². The molecule has 1 N–H and O–H groups in total. The van der Waals surface area contributed by atoms with E-state index in [0.717, 1.165) is 63.6 Å². The summed E-state index contributed by atoms with van der Waals surface area (Å²) in [5.74, 6) is 2.70. The zero-order chi connectivity index (χ0) is 19.5. The van der Waals surface area contributed by atoms with Crippen LogP contribution in [-0.2, 0) is 6.54 Å². The fourth-order valence-electron chi connectivity index (χ4n) is 4.72. The predicted octanol–water partition coefficient (Wildman–Crippen LogP) is 3.52. The molecule has 1 saturated carbocycles. The van der Waals surface area contributed by atoms with E-state index in [0.29, 0.717) is 17.9 Å². The fourth-order valence-corrected chi connectivity index (χ4v) is 4.72. The van der Waals surface area contributed by atoms with Crippen LogP contribution in [0.1, 0.15) is 82.9 Å². The largest absolute Gasteiger partial charge is 0.424 e. The summed E-state index contributed by atoms with van der Waals surface area (Å²) in [4.78, 5) is 17.3. The van der Waals surface area contributed by atoms with Crippen LogP contribution in [0.4, 0.5) is 4.79 Å². The van der Waals surface area contributed by atoms with Gasteiger partial charge >= 0.3 is 6.03 Å². The zero-order valence-electron chi connectivity index (χ0n) is 17.4. The van der Waals surface area contributed by atoms with Crippen LogP contribution in [0.15, 0.2) is 4.42 Å². The highest BCUT2D eigenvalue weighted by molar-refractivity contribution is 5.74. The van der Waals surface area contributed by atoms with Crippen molar-refractivity contribution in [1.29, 1.82) is 0 Å². The molecule has 4 rings (SSSR count). The van der Waals surface area contributed by atoms with Crippen LogP contribution in [0.25, 0.3) is 0 Å². The maximum absolute atomic E-state index is 12.8. The second-order valence-electron chi connectivity index (χ2n) is 9.14. The van der Waals surface area contributed by atoms with Gasteiger partial charge in [-0.15, -0.1) is 10.2 Å². The normalized spacial score (nSPS) is 25.1. The summed E-state index contributed by atoms with van der Waals surface area (Å²) in [7, 11) is 0. The van der Waals surface area contributed by atoms with Crippen molar-refractivity contribution in [1.82, 2.24) is 25.3 Å². The summed E-state index contributed by atoms with van der Waals surface area (Å²) in [6, 6.07) is 0.698. The van der Waals surface area contributed by atoms with Crippen molar-refractivity contribution in [2.75, 3.05) is 19.6 Å². The molecule has 7 nitrogen and oxygen atoms in total. The summed E-state index contributed by atoms with van der Waals surface area (Å²) in [5, 5.41) is 11.6. The Morgan fingerprint density at radius 2 is 1.86 bits per heavy atom. The van der Waals surface area contributed by atoms with E-state index in [1.807, 2.05) is 13.8 Å².